The molecule has 7 heteroatoms. The number of hydrogen-bond donors (Lipinski definition) is 1. The fourth-order valence-corrected chi connectivity index (χ4v) is 5.68. The molecule has 0 fully saturated rings. The van der Waals surface area contributed by atoms with Gasteiger partial charge in [-0.15, -0.1) is 0 Å². The molecule has 2 aromatic heterocycles. The number of aromatic nitrogens is 1. The zero-order valence-corrected chi connectivity index (χ0v) is 22.6. The van der Waals surface area contributed by atoms with Crippen LogP contribution in [-0.4, -0.2) is 33.6 Å². The number of nitrogens with one attached hydrogen (secondary N) is 1. The van der Waals surface area contributed by atoms with Crippen molar-refractivity contribution in [3.63, 3.8) is 0 Å². The maximum Gasteiger partial charge on any atom is 0.259 e. The van der Waals surface area contributed by atoms with E-state index in [4.69, 9.17) is 4.42 Å². The zero-order chi connectivity index (χ0) is 27.4. The van der Waals surface area contributed by atoms with Gasteiger partial charge in [0, 0.05) is 47.6 Å². The van der Waals surface area contributed by atoms with Crippen LogP contribution in [0.5, 0.6) is 0 Å². The summed E-state index contributed by atoms with van der Waals surface area (Å²) in [5.41, 5.74) is 5.75. The Kier molecular flexibility index (Phi) is 6.02. The standard InChI is InChI=1S/C32H31N3O4/c1-18(2)14-15-34-16-23-29-24(6-5-7-26(29)34)33-25-17-35(20(4)37)32(38)31(25)30(23)28-13-12-27(39-28)22-10-8-21(9-11-22)19(3)36/h5-13,16,18,30,33H,14-15,17H2,1-4H3/t30-/m1/s1. The lowest BCUT2D eigenvalue weighted by atomic mass is 9.88. The van der Waals surface area contributed by atoms with Crippen LogP contribution in [0.15, 0.2) is 76.5 Å². The number of carbonyl (C=O) groups is 3. The Morgan fingerprint density at radius 1 is 1.05 bits per heavy atom. The van der Waals surface area contributed by atoms with Gasteiger partial charge in [-0.05, 0) is 49.1 Å². The molecular formula is C32H31N3O4. The van der Waals surface area contributed by atoms with Gasteiger partial charge in [-0.2, -0.15) is 0 Å². The predicted molar refractivity (Wildman–Crippen MR) is 150 cm³/mol. The molecule has 1 N–H and O–H groups in total. The normalized spacial score (nSPS) is 16.6. The second-order valence-electron chi connectivity index (χ2n) is 10.9. The van der Waals surface area contributed by atoms with Crippen molar-refractivity contribution in [2.75, 3.05) is 11.9 Å². The Labute approximate surface area is 227 Å². The number of aryl methyl sites for hydroxylation is 1. The third kappa shape index (κ3) is 4.18. The fraction of sp³-hybridized carbons (Fsp3) is 0.281. The molecule has 0 saturated carbocycles. The van der Waals surface area contributed by atoms with E-state index in [0.29, 0.717) is 28.6 Å². The highest BCUT2D eigenvalue weighted by Crippen LogP contribution is 2.47. The van der Waals surface area contributed by atoms with Gasteiger partial charge in [-0.25, -0.2) is 0 Å². The number of ketones is 1. The zero-order valence-electron chi connectivity index (χ0n) is 22.6. The summed E-state index contributed by atoms with van der Waals surface area (Å²) in [7, 11) is 0. The highest BCUT2D eigenvalue weighted by atomic mass is 16.3. The van der Waals surface area contributed by atoms with E-state index in [2.05, 4.69) is 36.0 Å². The van der Waals surface area contributed by atoms with Gasteiger partial charge in [-0.1, -0.05) is 44.2 Å². The molecule has 39 heavy (non-hydrogen) atoms. The molecule has 6 rings (SSSR count). The van der Waals surface area contributed by atoms with Crippen LogP contribution in [0, 0.1) is 5.92 Å². The van der Waals surface area contributed by atoms with Gasteiger partial charge < -0.3 is 14.3 Å². The van der Waals surface area contributed by atoms with Crippen molar-refractivity contribution in [2.45, 2.75) is 46.6 Å². The van der Waals surface area contributed by atoms with Crippen molar-refractivity contribution in [3.8, 4) is 11.3 Å². The first-order valence-electron chi connectivity index (χ1n) is 13.4. The lowest BCUT2D eigenvalue weighted by molar-refractivity contribution is -0.139. The van der Waals surface area contributed by atoms with Crippen LogP contribution in [0.4, 0.5) is 5.69 Å². The van der Waals surface area contributed by atoms with E-state index >= 15 is 0 Å². The van der Waals surface area contributed by atoms with Gasteiger partial charge in [0.25, 0.3) is 5.91 Å². The van der Waals surface area contributed by atoms with Gasteiger partial charge >= 0.3 is 0 Å². The van der Waals surface area contributed by atoms with Crippen molar-refractivity contribution in [3.05, 3.63) is 89.0 Å². The Hall–Kier alpha value is -4.39. The molecule has 0 aliphatic carbocycles. The highest BCUT2D eigenvalue weighted by Gasteiger charge is 2.42. The second kappa shape index (κ2) is 9.42. The van der Waals surface area contributed by atoms with Gasteiger partial charge in [0.2, 0.25) is 5.91 Å². The van der Waals surface area contributed by atoms with Crippen LogP contribution >= 0.6 is 0 Å². The molecule has 4 heterocycles. The first-order chi connectivity index (χ1) is 18.7. The molecule has 4 aromatic rings. The largest absolute Gasteiger partial charge is 0.460 e. The Bertz CT molecular complexity index is 1670. The smallest absolute Gasteiger partial charge is 0.259 e. The molecule has 0 unspecified atom stereocenters. The van der Waals surface area contributed by atoms with E-state index in [9.17, 15) is 14.4 Å². The third-order valence-corrected chi connectivity index (χ3v) is 7.75. The lowest BCUT2D eigenvalue weighted by Gasteiger charge is -2.17. The van der Waals surface area contributed by atoms with E-state index in [1.165, 1.54) is 11.8 Å². The summed E-state index contributed by atoms with van der Waals surface area (Å²) in [5.74, 6) is 0.771. The monoisotopic (exact) mass is 521 g/mol. The van der Waals surface area contributed by atoms with E-state index < -0.39 is 5.92 Å². The summed E-state index contributed by atoms with van der Waals surface area (Å²) < 4.78 is 8.72. The highest BCUT2D eigenvalue weighted by molar-refractivity contribution is 6.11. The summed E-state index contributed by atoms with van der Waals surface area (Å²) >= 11 is 0. The summed E-state index contributed by atoms with van der Waals surface area (Å²) in [6.07, 6.45) is 3.17. The van der Waals surface area contributed by atoms with Crippen LogP contribution in [-0.2, 0) is 16.1 Å². The molecule has 2 aromatic carbocycles. The van der Waals surface area contributed by atoms with Gasteiger partial charge in [-0.3, -0.25) is 19.3 Å². The third-order valence-electron chi connectivity index (χ3n) is 7.75. The molecule has 2 amide bonds. The van der Waals surface area contributed by atoms with Crippen LogP contribution in [0.1, 0.15) is 61.7 Å². The molecule has 2 aliphatic rings. The van der Waals surface area contributed by atoms with Crippen molar-refractivity contribution in [1.82, 2.24) is 9.47 Å². The summed E-state index contributed by atoms with van der Waals surface area (Å²) in [4.78, 5) is 39.1. The number of Topliss-reactive ketones (excluding diaryl/α,β-unsaturated/α-hetero) is 1. The number of rotatable bonds is 6. The SMILES string of the molecule is CC(=O)c1ccc(-c2ccc([C@@H]3C4=C(CN(C(C)=O)C4=O)Nc4cccc5c4c3cn5CCC(C)C)o2)cc1. The van der Waals surface area contributed by atoms with Crippen LogP contribution in [0.25, 0.3) is 22.2 Å². The second-order valence-corrected chi connectivity index (χ2v) is 10.9. The maximum absolute atomic E-state index is 13.7. The molecule has 0 saturated heterocycles. The van der Waals surface area contributed by atoms with Crippen molar-refractivity contribution < 1.29 is 18.8 Å². The minimum Gasteiger partial charge on any atom is -0.460 e. The molecule has 1 atom stereocenters. The topological polar surface area (TPSA) is 84.5 Å². The number of benzene rings is 2. The first-order valence-corrected chi connectivity index (χ1v) is 13.4. The number of imide groups is 1. The summed E-state index contributed by atoms with van der Waals surface area (Å²) in [5, 5.41) is 4.57. The molecular weight excluding hydrogens is 490 g/mol. The van der Waals surface area contributed by atoms with Gasteiger partial charge in [0.05, 0.1) is 23.6 Å². The molecule has 7 nitrogen and oxygen atoms in total. The number of anilines is 1. The molecule has 0 radical (unpaired) electrons. The van der Waals surface area contributed by atoms with E-state index in [1.54, 1.807) is 19.1 Å². The van der Waals surface area contributed by atoms with Gasteiger partial charge in [0.1, 0.15) is 11.5 Å². The van der Waals surface area contributed by atoms with E-state index in [1.807, 2.05) is 36.4 Å². The molecule has 198 valence electrons. The van der Waals surface area contributed by atoms with Crippen LogP contribution < -0.4 is 5.32 Å². The Morgan fingerprint density at radius 3 is 2.51 bits per heavy atom. The maximum atomic E-state index is 13.7. The van der Waals surface area contributed by atoms with Gasteiger partial charge in [0.15, 0.2) is 5.78 Å². The molecule has 0 spiro atoms. The number of nitrogens with zero attached hydrogens (tertiary/aromatic N) is 2. The first kappa shape index (κ1) is 24.9. The van der Waals surface area contributed by atoms with E-state index in [0.717, 1.165) is 46.4 Å². The Morgan fingerprint density at radius 2 is 1.82 bits per heavy atom. The lowest BCUT2D eigenvalue weighted by Crippen LogP contribution is -2.33. The van der Waals surface area contributed by atoms with Crippen LogP contribution in [0.3, 0.4) is 0 Å². The van der Waals surface area contributed by atoms with Crippen molar-refractivity contribution >= 4 is 34.2 Å². The minimum atomic E-state index is -0.485. The molecule has 2 aliphatic heterocycles. The molecule has 0 bridgehead atoms. The summed E-state index contributed by atoms with van der Waals surface area (Å²) in [6, 6.07) is 17.3. The summed E-state index contributed by atoms with van der Waals surface area (Å²) in [6.45, 7) is 8.44. The fourth-order valence-electron chi connectivity index (χ4n) is 5.68. The quantitative estimate of drug-likeness (QED) is 0.299. The minimum absolute atomic E-state index is 0.00605. The van der Waals surface area contributed by atoms with E-state index in [-0.39, 0.29) is 24.1 Å². The number of carbonyl (C=O) groups excluding carboxylic acids is 3. The van der Waals surface area contributed by atoms with Crippen LogP contribution in [0.2, 0.25) is 0 Å². The average molecular weight is 522 g/mol. The predicted octanol–water partition coefficient (Wildman–Crippen LogP) is 6.35. The number of furan rings is 1. The van der Waals surface area contributed by atoms with Crippen molar-refractivity contribution in [2.24, 2.45) is 5.92 Å². The Balaban J connectivity index is 1.51. The van der Waals surface area contributed by atoms with Crippen molar-refractivity contribution in [1.29, 1.82) is 0 Å². The average Bonchev–Trinajstić information content (AvgIpc) is 3.59. The number of hydrogen-bond acceptors (Lipinski definition) is 5. The number of amides is 2.